The maximum atomic E-state index is 10.9. The van der Waals surface area contributed by atoms with Crippen LogP contribution in [0.1, 0.15) is 12.8 Å². The molecule has 0 bridgehead atoms. The standard InChI is InChI=1S/C9H14N4O/c1-13-5-4-8(12-13)10-6-7-2-3-9(14)11-7/h4-5,7H,2-3,6H2,1H3,(H,10,12)(H,11,14). The summed E-state index contributed by atoms with van der Waals surface area (Å²) in [6, 6.07) is 2.17. The lowest BCUT2D eigenvalue weighted by atomic mass is 10.2. The molecule has 1 atom stereocenters. The summed E-state index contributed by atoms with van der Waals surface area (Å²) in [6.07, 6.45) is 3.45. The van der Waals surface area contributed by atoms with Crippen LogP contribution < -0.4 is 10.6 Å². The fourth-order valence-electron chi connectivity index (χ4n) is 1.57. The van der Waals surface area contributed by atoms with Crippen molar-refractivity contribution in [1.82, 2.24) is 15.1 Å². The number of hydrogen-bond donors (Lipinski definition) is 2. The summed E-state index contributed by atoms with van der Waals surface area (Å²) in [5, 5.41) is 10.3. The van der Waals surface area contributed by atoms with E-state index < -0.39 is 0 Å². The zero-order valence-corrected chi connectivity index (χ0v) is 8.16. The van der Waals surface area contributed by atoms with Crippen molar-refractivity contribution in [3.8, 4) is 0 Å². The van der Waals surface area contributed by atoms with Crippen LogP contribution in [0.15, 0.2) is 12.3 Å². The first-order valence-electron chi connectivity index (χ1n) is 4.77. The van der Waals surface area contributed by atoms with Crippen molar-refractivity contribution in [3.05, 3.63) is 12.3 Å². The van der Waals surface area contributed by atoms with Gasteiger partial charge in [0.1, 0.15) is 5.82 Å². The SMILES string of the molecule is Cn1ccc(NCC2CCC(=O)N2)n1. The molecule has 1 amide bonds. The van der Waals surface area contributed by atoms with E-state index in [1.807, 2.05) is 19.3 Å². The van der Waals surface area contributed by atoms with Gasteiger partial charge in [-0.25, -0.2) is 0 Å². The highest BCUT2D eigenvalue weighted by molar-refractivity contribution is 5.78. The molecule has 0 saturated carbocycles. The molecule has 1 unspecified atom stereocenters. The van der Waals surface area contributed by atoms with Crippen LogP contribution in [0.4, 0.5) is 5.82 Å². The fraction of sp³-hybridized carbons (Fsp3) is 0.556. The van der Waals surface area contributed by atoms with Gasteiger partial charge in [0.25, 0.3) is 0 Å². The lowest BCUT2D eigenvalue weighted by molar-refractivity contribution is -0.119. The molecule has 76 valence electrons. The minimum absolute atomic E-state index is 0.151. The van der Waals surface area contributed by atoms with Crippen LogP contribution in [0.25, 0.3) is 0 Å². The van der Waals surface area contributed by atoms with Gasteiger partial charge in [-0.05, 0) is 6.42 Å². The second-order valence-corrected chi connectivity index (χ2v) is 3.56. The van der Waals surface area contributed by atoms with Gasteiger partial charge in [-0.2, -0.15) is 5.10 Å². The molecule has 14 heavy (non-hydrogen) atoms. The van der Waals surface area contributed by atoms with Gasteiger partial charge in [-0.3, -0.25) is 9.48 Å². The van der Waals surface area contributed by atoms with Crippen molar-refractivity contribution in [1.29, 1.82) is 0 Å². The van der Waals surface area contributed by atoms with E-state index in [9.17, 15) is 4.79 Å². The first-order chi connectivity index (χ1) is 6.74. The third-order valence-electron chi connectivity index (χ3n) is 2.33. The Hall–Kier alpha value is -1.52. The summed E-state index contributed by atoms with van der Waals surface area (Å²) in [5.41, 5.74) is 0. The monoisotopic (exact) mass is 194 g/mol. The van der Waals surface area contributed by atoms with E-state index in [1.54, 1.807) is 4.68 Å². The molecule has 1 fully saturated rings. The number of amides is 1. The average Bonchev–Trinajstić information content (AvgIpc) is 2.72. The highest BCUT2D eigenvalue weighted by Gasteiger charge is 2.20. The van der Waals surface area contributed by atoms with Crippen LogP contribution in [0.2, 0.25) is 0 Å². The second-order valence-electron chi connectivity index (χ2n) is 3.56. The van der Waals surface area contributed by atoms with Crippen molar-refractivity contribution < 1.29 is 4.79 Å². The van der Waals surface area contributed by atoms with E-state index in [1.165, 1.54) is 0 Å². The zero-order valence-electron chi connectivity index (χ0n) is 8.16. The van der Waals surface area contributed by atoms with Crippen LogP contribution in [0, 0.1) is 0 Å². The van der Waals surface area contributed by atoms with Crippen molar-refractivity contribution in [2.45, 2.75) is 18.9 Å². The number of carbonyl (C=O) groups excluding carboxylic acids is 1. The maximum Gasteiger partial charge on any atom is 0.220 e. The number of aromatic nitrogens is 2. The third kappa shape index (κ3) is 2.04. The largest absolute Gasteiger partial charge is 0.367 e. The Morgan fingerprint density at radius 1 is 1.79 bits per heavy atom. The Bertz CT molecular complexity index is 333. The van der Waals surface area contributed by atoms with E-state index in [4.69, 9.17) is 0 Å². The molecule has 2 rings (SSSR count). The van der Waals surface area contributed by atoms with E-state index in [0.29, 0.717) is 6.42 Å². The molecule has 2 N–H and O–H groups in total. The topological polar surface area (TPSA) is 59.0 Å². The molecular formula is C9H14N4O. The highest BCUT2D eigenvalue weighted by atomic mass is 16.1. The molecule has 2 heterocycles. The first kappa shape index (κ1) is 9.05. The van der Waals surface area contributed by atoms with Gasteiger partial charge in [0.05, 0.1) is 0 Å². The quantitative estimate of drug-likeness (QED) is 0.718. The lowest BCUT2D eigenvalue weighted by Gasteiger charge is -2.09. The Labute approximate surface area is 82.5 Å². The predicted molar refractivity (Wildman–Crippen MR) is 52.9 cm³/mol. The highest BCUT2D eigenvalue weighted by Crippen LogP contribution is 2.08. The van der Waals surface area contributed by atoms with Crippen molar-refractivity contribution >= 4 is 11.7 Å². The van der Waals surface area contributed by atoms with Gasteiger partial charge in [0, 0.05) is 38.3 Å². The summed E-state index contributed by atoms with van der Waals surface area (Å²) in [4.78, 5) is 10.9. The third-order valence-corrected chi connectivity index (χ3v) is 2.33. The van der Waals surface area contributed by atoms with E-state index in [0.717, 1.165) is 18.8 Å². The molecule has 0 aliphatic carbocycles. The normalized spacial score (nSPS) is 20.9. The van der Waals surface area contributed by atoms with Crippen molar-refractivity contribution in [3.63, 3.8) is 0 Å². The minimum atomic E-state index is 0.151. The summed E-state index contributed by atoms with van der Waals surface area (Å²) < 4.78 is 1.75. The second kappa shape index (κ2) is 3.69. The van der Waals surface area contributed by atoms with Gasteiger partial charge < -0.3 is 10.6 Å². The van der Waals surface area contributed by atoms with E-state index in [-0.39, 0.29) is 11.9 Å². The summed E-state index contributed by atoms with van der Waals surface area (Å²) in [6.45, 7) is 0.753. The van der Waals surface area contributed by atoms with Gasteiger partial charge >= 0.3 is 0 Å². The molecule has 0 radical (unpaired) electrons. The number of anilines is 1. The van der Waals surface area contributed by atoms with Gasteiger partial charge in [0.15, 0.2) is 0 Å². The maximum absolute atomic E-state index is 10.9. The average molecular weight is 194 g/mol. The molecule has 0 spiro atoms. The van der Waals surface area contributed by atoms with Crippen LogP contribution in [-0.4, -0.2) is 28.3 Å². The summed E-state index contributed by atoms with van der Waals surface area (Å²) in [5.74, 6) is 1.01. The summed E-state index contributed by atoms with van der Waals surface area (Å²) >= 11 is 0. The Morgan fingerprint density at radius 2 is 2.64 bits per heavy atom. The predicted octanol–water partition coefficient (Wildman–Crippen LogP) is 0.111. The van der Waals surface area contributed by atoms with Crippen LogP contribution >= 0.6 is 0 Å². The molecule has 5 nitrogen and oxygen atoms in total. The molecule has 0 aromatic carbocycles. The lowest BCUT2D eigenvalue weighted by Crippen LogP contribution is -2.31. The first-order valence-corrected chi connectivity index (χ1v) is 4.77. The van der Waals surface area contributed by atoms with Gasteiger partial charge in [0.2, 0.25) is 5.91 Å². The Balaban J connectivity index is 1.80. The molecule has 5 heteroatoms. The zero-order chi connectivity index (χ0) is 9.97. The van der Waals surface area contributed by atoms with E-state index in [2.05, 4.69) is 15.7 Å². The van der Waals surface area contributed by atoms with Crippen molar-refractivity contribution in [2.24, 2.45) is 7.05 Å². The van der Waals surface area contributed by atoms with Crippen LogP contribution in [0.5, 0.6) is 0 Å². The smallest absolute Gasteiger partial charge is 0.220 e. The molecule has 1 aliphatic rings. The molecular weight excluding hydrogens is 180 g/mol. The van der Waals surface area contributed by atoms with Gasteiger partial charge in [-0.15, -0.1) is 0 Å². The van der Waals surface area contributed by atoms with Crippen LogP contribution in [-0.2, 0) is 11.8 Å². The molecule has 1 aromatic heterocycles. The fourth-order valence-corrected chi connectivity index (χ4v) is 1.57. The molecule has 1 aliphatic heterocycles. The van der Waals surface area contributed by atoms with Crippen molar-refractivity contribution in [2.75, 3.05) is 11.9 Å². The van der Waals surface area contributed by atoms with E-state index >= 15 is 0 Å². The Morgan fingerprint density at radius 3 is 3.21 bits per heavy atom. The van der Waals surface area contributed by atoms with Crippen LogP contribution in [0.3, 0.4) is 0 Å². The molecule has 1 saturated heterocycles. The Kier molecular flexibility index (Phi) is 2.39. The number of carbonyl (C=O) groups is 1. The number of hydrogen-bond acceptors (Lipinski definition) is 3. The molecule has 1 aromatic rings. The number of rotatable bonds is 3. The number of aryl methyl sites for hydroxylation is 1. The summed E-state index contributed by atoms with van der Waals surface area (Å²) in [7, 11) is 1.88. The number of nitrogens with zero attached hydrogens (tertiary/aromatic N) is 2. The number of nitrogens with one attached hydrogen (secondary N) is 2. The minimum Gasteiger partial charge on any atom is -0.367 e. The van der Waals surface area contributed by atoms with Gasteiger partial charge in [-0.1, -0.05) is 0 Å².